The van der Waals surface area contributed by atoms with Crippen LogP contribution in [-0.2, 0) is 9.59 Å². The van der Waals surface area contributed by atoms with Crippen molar-refractivity contribution in [3.63, 3.8) is 0 Å². The van der Waals surface area contributed by atoms with E-state index in [2.05, 4.69) is 20.5 Å². The summed E-state index contributed by atoms with van der Waals surface area (Å²) < 4.78 is 0. The number of carbonyl (C=O) groups is 2. The largest absolute Gasteiger partial charge is 0.348 e. The van der Waals surface area contributed by atoms with Crippen LogP contribution in [0.2, 0.25) is 0 Å². The van der Waals surface area contributed by atoms with Gasteiger partial charge in [0.2, 0.25) is 11.8 Å². The summed E-state index contributed by atoms with van der Waals surface area (Å²) >= 11 is 0. The Balaban J connectivity index is 1.47. The zero-order chi connectivity index (χ0) is 19.9. The lowest BCUT2D eigenvalue weighted by Crippen LogP contribution is -2.49. The Bertz CT molecular complexity index is 774. The number of aromatic nitrogens is 1. The molecule has 0 aliphatic carbocycles. The van der Waals surface area contributed by atoms with Crippen molar-refractivity contribution in [3.05, 3.63) is 60.3 Å². The average molecular weight is 380 g/mol. The molecule has 3 rings (SSSR count). The highest BCUT2D eigenvalue weighted by Gasteiger charge is 2.30. The molecule has 0 bridgehead atoms. The van der Waals surface area contributed by atoms with Gasteiger partial charge in [-0.05, 0) is 57.5 Å². The van der Waals surface area contributed by atoms with Crippen LogP contribution in [0.1, 0.15) is 38.3 Å². The Kier molecular flexibility index (Phi) is 6.76. The maximum atomic E-state index is 12.6. The van der Waals surface area contributed by atoms with Crippen molar-refractivity contribution in [1.82, 2.24) is 15.2 Å². The Morgan fingerprint density at radius 2 is 1.71 bits per heavy atom. The number of pyridine rings is 1. The third-order valence-corrected chi connectivity index (χ3v) is 5.40. The Morgan fingerprint density at radius 1 is 1.04 bits per heavy atom. The molecule has 2 N–H and O–H groups in total. The van der Waals surface area contributed by atoms with Crippen LogP contribution in [0.3, 0.4) is 0 Å². The van der Waals surface area contributed by atoms with Gasteiger partial charge in [0.15, 0.2) is 0 Å². The highest BCUT2D eigenvalue weighted by atomic mass is 16.2. The fraction of sp³-hybridized carbons (Fsp3) is 0.409. The first-order valence-electron chi connectivity index (χ1n) is 9.86. The summed E-state index contributed by atoms with van der Waals surface area (Å²) in [7, 11) is 0. The monoisotopic (exact) mass is 380 g/mol. The molecule has 0 saturated carbocycles. The molecule has 2 unspecified atom stereocenters. The minimum absolute atomic E-state index is 0.00755. The molecule has 0 spiro atoms. The van der Waals surface area contributed by atoms with Crippen LogP contribution in [0.25, 0.3) is 0 Å². The number of amides is 2. The van der Waals surface area contributed by atoms with Crippen molar-refractivity contribution < 1.29 is 9.59 Å². The molecule has 1 aromatic carbocycles. The second-order valence-corrected chi connectivity index (χ2v) is 7.33. The standard InChI is InChI=1S/C22H28N4O2/c1-16(18-8-4-3-5-9-18)24-21(27)17(2)26-14-11-19(12-15-26)22(28)25-20-10-6-7-13-23-20/h3-10,13,16-17,19H,11-12,14-15H2,1-2H3,(H,24,27)(H,23,25,28). The van der Waals surface area contributed by atoms with Crippen molar-refractivity contribution in [2.24, 2.45) is 5.92 Å². The molecule has 6 heteroatoms. The normalized spacial score (nSPS) is 17.5. The van der Waals surface area contributed by atoms with E-state index in [-0.39, 0.29) is 29.8 Å². The lowest BCUT2D eigenvalue weighted by atomic mass is 9.95. The van der Waals surface area contributed by atoms with E-state index in [9.17, 15) is 9.59 Å². The Hall–Kier alpha value is -2.73. The van der Waals surface area contributed by atoms with Gasteiger partial charge >= 0.3 is 0 Å². The van der Waals surface area contributed by atoms with E-state index in [4.69, 9.17) is 0 Å². The van der Waals surface area contributed by atoms with Gasteiger partial charge in [0.05, 0.1) is 12.1 Å². The molecule has 2 amide bonds. The number of likely N-dealkylation sites (tertiary alicyclic amines) is 1. The second-order valence-electron chi connectivity index (χ2n) is 7.33. The third-order valence-electron chi connectivity index (χ3n) is 5.40. The van der Waals surface area contributed by atoms with Crippen molar-refractivity contribution in [2.75, 3.05) is 18.4 Å². The zero-order valence-corrected chi connectivity index (χ0v) is 16.5. The van der Waals surface area contributed by atoms with E-state index in [1.807, 2.05) is 56.3 Å². The predicted octanol–water partition coefficient (Wildman–Crippen LogP) is 3.00. The minimum atomic E-state index is -0.217. The van der Waals surface area contributed by atoms with Crippen LogP contribution < -0.4 is 10.6 Å². The van der Waals surface area contributed by atoms with Crippen LogP contribution in [0.4, 0.5) is 5.82 Å². The number of hydrogen-bond acceptors (Lipinski definition) is 4. The van der Waals surface area contributed by atoms with Gasteiger partial charge in [0.25, 0.3) is 0 Å². The Labute approximate surface area is 166 Å². The Morgan fingerprint density at radius 3 is 2.36 bits per heavy atom. The summed E-state index contributed by atoms with van der Waals surface area (Å²) in [6.07, 6.45) is 3.14. The van der Waals surface area contributed by atoms with E-state index < -0.39 is 0 Å². The molecule has 2 atom stereocenters. The fourth-order valence-corrected chi connectivity index (χ4v) is 3.54. The highest BCUT2D eigenvalue weighted by molar-refractivity contribution is 5.91. The lowest BCUT2D eigenvalue weighted by molar-refractivity contribution is -0.127. The summed E-state index contributed by atoms with van der Waals surface area (Å²) in [6, 6.07) is 15.2. The maximum Gasteiger partial charge on any atom is 0.237 e. The van der Waals surface area contributed by atoms with E-state index in [0.717, 1.165) is 31.5 Å². The number of piperidine rings is 1. The van der Waals surface area contributed by atoms with E-state index in [0.29, 0.717) is 5.82 Å². The number of benzene rings is 1. The minimum Gasteiger partial charge on any atom is -0.348 e. The summed E-state index contributed by atoms with van der Waals surface area (Å²) in [6.45, 7) is 5.39. The number of rotatable bonds is 6. The highest BCUT2D eigenvalue weighted by Crippen LogP contribution is 2.21. The van der Waals surface area contributed by atoms with Crippen molar-refractivity contribution in [3.8, 4) is 0 Å². The van der Waals surface area contributed by atoms with Crippen LogP contribution in [-0.4, -0.2) is 40.8 Å². The van der Waals surface area contributed by atoms with Gasteiger partial charge < -0.3 is 10.6 Å². The van der Waals surface area contributed by atoms with Gasteiger partial charge in [-0.3, -0.25) is 14.5 Å². The van der Waals surface area contributed by atoms with Crippen molar-refractivity contribution in [2.45, 2.75) is 38.8 Å². The molecule has 28 heavy (non-hydrogen) atoms. The van der Waals surface area contributed by atoms with Crippen molar-refractivity contribution >= 4 is 17.6 Å². The smallest absolute Gasteiger partial charge is 0.237 e. The molecule has 1 aliphatic heterocycles. The predicted molar refractivity (Wildman–Crippen MR) is 110 cm³/mol. The van der Waals surface area contributed by atoms with Crippen LogP contribution >= 0.6 is 0 Å². The first-order chi connectivity index (χ1) is 13.5. The number of nitrogens with one attached hydrogen (secondary N) is 2. The summed E-state index contributed by atoms with van der Waals surface area (Å²) in [5, 5.41) is 5.97. The summed E-state index contributed by atoms with van der Waals surface area (Å²) in [4.78, 5) is 31.4. The molecule has 1 aliphatic rings. The van der Waals surface area contributed by atoms with Crippen molar-refractivity contribution in [1.29, 1.82) is 0 Å². The molecule has 1 aromatic heterocycles. The first kappa shape index (κ1) is 20.0. The molecule has 1 fully saturated rings. The summed E-state index contributed by atoms with van der Waals surface area (Å²) in [5.74, 6) is 0.565. The molecule has 2 aromatic rings. The molecule has 1 saturated heterocycles. The number of anilines is 1. The first-order valence-corrected chi connectivity index (χ1v) is 9.86. The molecule has 6 nitrogen and oxygen atoms in total. The van der Waals surface area contributed by atoms with Crippen LogP contribution in [0, 0.1) is 5.92 Å². The average Bonchev–Trinajstić information content (AvgIpc) is 2.74. The van der Waals surface area contributed by atoms with E-state index in [1.54, 1.807) is 12.3 Å². The molecular formula is C22H28N4O2. The SMILES string of the molecule is CC(NC(=O)C(C)N1CCC(C(=O)Nc2ccccn2)CC1)c1ccccc1. The van der Waals surface area contributed by atoms with E-state index >= 15 is 0 Å². The molecule has 148 valence electrons. The van der Waals surface area contributed by atoms with Gasteiger partial charge in [-0.15, -0.1) is 0 Å². The van der Waals surface area contributed by atoms with Gasteiger partial charge in [0, 0.05) is 12.1 Å². The molecule has 0 radical (unpaired) electrons. The lowest BCUT2D eigenvalue weighted by Gasteiger charge is -2.35. The topological polar surface area (TPSA) is 74.3 Å². The third kappa shape index (κ3) is 5.16. The van der Waals surface area contributed by atoms with E-state index in [1.165, 1.54) is 0 Å². The maximum absolute atomic E-state index is 12.6. The van der Waals surface area contributed by atoms with Crippen LogP contribution in [0.5, 0.6) is 0 Å². The fourth-order valence-electron chi connectivity index (χ4n) is 3.54. The second kappa shape index (κ2) is 9.46. The number of nitrogens with zero attached hydrogens (tertiary/aromatic N) is 2. The van der Waals surface area contributed by atoms with Gasteiger partial charge in [-0.2, -0.15) is 0 Å². The number of carbonyl (C=O) groups excluding carboxylic acids is 2. The van der Waals surface area contributed by atoms with Crippen LogP contribution in [0.15, 0.2) is 54.7 Å². The summed E-state index contributed by atoms with van der Waals surface area (Å²) in [5.41, 5.74) is 1.09. The van der Waals surface area contributed by atoms with Gasteiger partial charge in [-0.25, -0.2) is 4.98 Å². The van der Waals surface area contributed by atoms with Gasteiger partial charge in [0.1, 0.15) is 5.82 Å². The quantitative estimate of drug-likeness (QED) is 0.808. The molecular weight excluding hydrogens is 352 g/mol. The number of hydrogen-bond donors (Lipinski definition) is 2. The zero-order valence-electron chi connectivity index (χ0n) is 16.5. The molecule has 2 heterocycles. The van der Waals surface area contributed by atoms with Gasteiger partial charge in [-0.1, -0.05) is 36.4 Å².